The normalized spacial score (nSPS) is 21.7. The van der Waals surface area contributed by atoms with Gasteiger partial charge in [-0.1, -0.05) is 26.0 Å². The van der Waals surface area contributed by atoms with Crippen molar-refractivity contribution in [1.29, 1.82) is 0 Å². The zero-order valence-electron chi connectivity index (χ0n) is 16.2. The molecule has 1 atom stereocenters. The summed E-state index contributed by atoms with van der Waals surface area (Å²) in [5.74, 6) is 3.61. The maximum atomic E-state index is 13.2. The van der Waals surface area contributed by atoms with Gasteiger partial charge in [-0.15, -0.1) is 0 Å². The number of allylic oxidation sites excluding steroid dienone is 2. The summed E-state index contributed by atoms with van der Waals surface area (Å²) in [6.45, 7) is 4.41. The van der Waals surface area contributed by atoms with Crippen LogP contribution in [-0.4, -0.2) is 19.7 Å². The molecule has 2 aliphatic heterocycles. The molecule has 0 aromatic heterocycles. The minimum atomic E-state index is -0.192. The minimum absolute atomic E-state index is 0.117. The lowest BCUT2D eigenvalue weighted by Gasteiger charge is -2.38. The van der Waals surface area contributed by atoms with Gasteiger partial charge in [0.05, 0.1) is 7.11 Å². The number of hydrogen-bond donors (Lipinski definition) is 0. The Morgan fingerprint density at radius 1 is 1.00 bits per heavy atom. The molecule has 0 saturated heterocycles. The van der Waals surface area contributed by atoms with E-state index in [1.807, 2.05) is 36.4 Å². The molecular formula is C23H22O5. The van der Waals surface area contributed by atoms with Crippen molar-refractivity contribution in [2.24, 2.45) is 5.41 Å². The van der Waals surface area contributed by atoms with Gasteiger partial charge in [-0.05, 0) is 29.2 Å². The topological polar surface area (TPSA) is 54.0 Å². The van der Waals surface area contributed by atoms with Gasteiger partial charge < -0.3 is 18.9 Å². The molecule has 2 heterocycles. The Morgan fingerprint density at radius 2 is 1.71 bits per heavy atom. The maximum Gasteiger partial charge on any atom is 0.231 e. The summed E-state index contributed by atoms with van der Waals surface area (Å²) in [7, 11) is 1.65. The van der Waals surface area contributed by atoms with Crippen LogP contribution in [0.2, 0.25) is 0 Å². The van der Waals surface area contributed by atoms with Gasteiger partial charge in [0.15, 0.2) is 17.3 Å². The lowest BCUT2D eigenvalue weighted by atomic mass is 9.70. The van der Waals surface area contributed by atoms with E-state index < -0.39 is 0 Å². The Labute approximate surface area is 163 Å². The molecule has 5 nitrogen and oxygen atoms in total. The molecule has 0 amide bonds. The van der Waals surface area contributed by atoms with Gasteiger partial charge in [0.2, 0.25) is 6.79 Å². The second kappa shape index (κ2) is 6.03. The van der Waals surface area contributed by atoms with E-state index in [4.69, 9.17) is 18.9 Å². The van der Waals surface area contributed by atoms with Crippen molar-refractivity contribution in [3.63, 3.8) is 0 Å². The van der Waals surface area contributed by atoms with E-state index in [-0.39, 0.29) is 23.9 Å². The molecule has 0 bridgehead atoms. The second-order valence-electron chi connectivity index (χ2n) is 8.33. The molecule has 5 rings (SSSR count). The van der Waals surface area contributed by atoms with Crippen LogP contribution in [0.15, 0.2) is 47.7 Å². The number of benzene rings is 2. The third kappa shape index (κ3) is 2.65. The first-order valence-corrected chi connectivity index (χ1v) is 9.47. The van der Waals surface area contributed by atoms with Crippen LogP contribution < -0.4 is 18.9 Å². The number of carbonyl (C=O) groups is 1. The van der Waals surface area contributed by atoms with E-state index >= 15 is 0 Å². The molecule has 1 aliphatic carbocycles. The quantitative estimate of drug-likeness (QED) is 0.765. The molecule has 144 valence electrons. The molecule has 2 aromatic rings. The Balaban J connectivity index is 1.70. The van der Waals surface area contributed by atoms with Crippen molar-refractivity contribution in [2.75, 3.05) is 13.9 Å². The van der Waals surface area contributed by atoms with Crippen LogP contribution in [0.4, 0.5) is 0 Å². The Bertz CT molecular complexity index is 1000. The number of ether oxygens (including phenoxy) is 4. The summed E-state index contributed by atoms with van der Waals surface area (Å²) in [5.41, 5.74) is 2.61. The number of Topliss-reactive ketones (excluding diaryl/α,β-unsaturated/α-hetero) is 1. The predicted octanol–water partition coefficient (Wildman–Crippen LogP) is 4.59. The lowest BCUT2D eigenvalue weighted by molar-refractivity contribution is -0.118. The number of ketones is 1. The lowest BCUT2D eigenvalue weighted by Crippen LogP contribution is -2.32. The average molecular weight is 378 g/mol. The molecule has 0 radical (unpaired) electrons. The van der Waals surface area contributed by atoms with Gasteiger partial charge in [-0.3, -0.25) is 4.79 Å². The van der Waals surface area contributed by atoms with Crippen LogP contribution in [0.1, 0.15) is 43.7 Å². The van der Waals surface area contributed by atoms with Crippen molar-refractivity contribution in [2.45, 2.75) is 32.6 Å². The highest BCUT2D eigenvalue weighted by atomic mass is 16.7. The number of hydrogen-bond acceptors (Lipinski definition) is 5. The van der Waals surface area contributed by atoms with Crippen molar-refractivity contribution < 1.29 is 23.7 Å². The zero-order valence-corrected chi connectivity index (χ0v) is 16.2. The van der Waals surface area contributed by atoms with Gasteiger partial charge >= 0.3 is 0 Å². The standard InChI is InChI=1S/C23H22O5/c1-23(2)10-16(24)22-20(11-23)28-17-9-19-18(26-12-27-19)8-15(17)21(22)13-4-6-14(25-3)7-5-13/h4-9,21H,10-12H2,1-3H3. The summed E-state index contributed by atoms with van der Waals surface area (Å²) >= 11 is 0. The van der Waals surface area contributed by atoms with Gasteiger partial charge in [-0.25, -0.2) is 0 Å². The van der Waals surface area contributed by atoms with Crippen LogP contribution in [0, 0.1) is 5.41 Å². The van der Waals surface area contributed by atoms with Crippen LogP contribution >= 0.6 is 0 Å². The Morgan fingerprint density at radius 3 is 2.43 bits per heavy atom. The fourth-order valence-electron chi connectivity index (χ4n) is 4.37. The molecule has 0 spiro atoms. The van der Waals surface area contributed by atoms with E-state index in [0.29, 0.717) is 17.9 Å². The SMILES string of the molecule is COc1ccc(C2C3=C(CC(C)(C)CC3=O)Oc3cc4c(cc32)OCO4)cc1. The monoisotopic (exact) mass is 378 g/mol. The van der Waals surface area contributed by atoms with Crippen LogP contribution in [0.25, 0.3) is 0 Å². The highest BCUT2D eigenvalue weighted by molar-refractivity contribution is 6.00. The predicted molar refractivity (Wildman–Crippen MR) is 103 cm³/mol. The minimum Gasteiger partial charge on any atom is -0.497 e. The number of carbonyl (C=O) groups excluding carboxylic acids is 1. The third-order valence-electron chi connectivity index (χ3n) is 5.67. The fraction of sp³-hybridized carbons (Fsp3) is 0.348. The fourth-order valence-corrected chi connectivity index (χ4v) is 4.37. The molecular weight excluding hydrogens is 356 g/mol. The number of methoxy groups -OCH3 is 1. The summed E-state index contributed by atoms with van der Waals surface area (Å²) in [6, 6.07) is 11.7. The largest absolute Gasteiger partial charge is 0.497 e. The third-order valence-corrected chi connectivity index (χ3v) is 5.67. The summed E-state index contributed by atoms with van der Waals surface area (Å²) < 4.78 is 22.7. The molecule has 3 aliphatic rings. The molecule has 0 N–H and O–H groups in total. The van der Waals surface area contributed by atoms with Crippen molar-refractivity contribution >= 4 is 5.78 Å². The Kier molecular flexibility index (Phi) is 3.69. The summed E-state index contributed by atoms with van der Waals surface area (Å²) in [4.78, 5) is 13.2. The zero-order chi connectivity index (χ0) is 19.5. The van der Waals surface area contributed by atoms with Gasteiger partial charge in [0.1, 0.15) is 17.3 Å². The second-order valence-corrected chi connectivity index (χ2v) is 8.33. The van der Waals surface area contributed by atoms with Crippen LogP contribution in [0.3, 0.4) is 0 Å². The van der Waals surface area contributed by atoms with Gasteiger partial charge in [0, 0.05) is 36.0 Å². The molecule has 28 heavy (non-hydrogen) atoms. The molecule has 1 unspecified atom stereocenters. The first-order valence-electron chi connectivity index (χ1n) is 9.47. The number of fused-ring (bicyclic) bond motifs is 2. The first kappa shape index (κ1) is 17.2. The van der Waals surface area contributed by atoms with E-state index in [1.165, 1.54) is 0 Å². The highest BCUT2D eigenvalue weighted by Crippen LogP contribution is 2.52. The number of rotatable bonds is 2. The van der Waals surface area contributed by atoms with Crippen LogP contribution in [0.5, 0.6) is 23.0 Å². The average Bonchev–Trinajstić information content (AvgIpc) is 3.11. The van der Waals surface area contributed by atoms with Crippen LogP contribution in [-0.2, 0) is 4.79 Å². The first-order chi connectivity index (χ1) is 13.4. The van der Waals surface area contributed by atoms with E-state index in [0.717, 1.165) is 40.4 Å². The van der Waals surface area contributed by atoms with Crippen molar-refractivity contribution in [3.8, 4) is 23.0 Å². The van der Waals surface area contributed by atoms with E-state index in [9.17, 15) is 4.79 Å². The molecule has 0 saturated carbocycles. The van der Waals surface area contributed by atoms with E-state index in [2.05, 4.69) is 13.8 Å². The molecule has 5 heteroatoms. The summed E-state index contributed by atoms with van der Waals surface area (Å²) in [6.07, 6.45) is 1.25. The van der Waals surface area contributed by atoms with E-state index in [1.54, 1.807) is 7.11 Å². The van der Waals surface area contributed by atoms with Gasteiger partial charge in [0.25, 0.3) is 0 Å². The molecule has 0 fully saturated rings. The maximum absolute atomic E-state index is 13.2. The van der Waals surface area contributed by atoms with Gasteiger partial charge in [-0.2, -0.15) is 0 Å². The van der Waals surface area contributed by atoms with Crippen molar-refractivity contribution in [3.05, 3.63) is 58.9 Å². The summed E-state index contributed by atoms with van der Waals surface area (Å²) in [5, 5.41) is 0. The Hall–Kier alpha value is -2.95. The van der Waals surface area contributed by atoms with Crippen molar-refractivity contribution in [1.82, 2.24) is 0 Å². The highest BCUT2D eigenvalue weighted by Gasteiger charge is 2.42. The smallest absolute Gasteiger partial charge is 0.231 e. The molecule has 2 aromatic carbocycles.